The standard InChI is InChI=1S/C22H23Cl2N/c1-13-11-14(2)21(15(13)3)17-10-9-16(25(4)5)12-19(17)18-7-6-8-20(23)22(18)24/h6-12,14H,1-5H3. The maximum atomic E-state index is 6.57. The van der Waals surface area contributed by atoms with Crippen molar-refractivity contribution in [1.82, 2.24) is 0 Å². The molecule has 0 bridgehead atoms. The molecule has 1 aliphatic carbocycles. The van der Waals surface area contributed by atoms with Crippen LogP contribution in [0.3, 0.4) is 0 Å². The Bertz CT molecular complexity index is 891. The third-order valence-electron chi connectivity index (χ3n) is 5.00. The van der Waals surface area contributed by atoms with Gasteiger partial charge in [0.1, 0.15) is 0 Å². The van der Waals surface area contributed by atoms with Crippen LogP contribution in [0, 0.1) is 5.92 Å². The summed E-state index contributed by atoms with van der Waals surface area (Å²) in [5.41, 5.74) is 8.55. The summed E-state index contributed by atoms with van der Waals surface area (Å²) in [6, 6.07) is 12.4. The molecule has 0 amide bonds. The Morgan fingerprint density at radius 3 is 2.24 bits per heavy atom. The van der Waals surface area contributed by atoms with E-state index in [1.165, 1.54) is 22.3 Å². The van der Waals surface area contributed by atoms with Crippen molar-refractivity contribution in [3.8, 4) is 11.1 Å². The largest absolute Gasteiger partial charge is 0.378 e. The van der Waals surface area contributed by atoms with E-state index in [0.29, 0.717) is 16.0 Å². The van der Waals surface area contributed by atoms with Gasteiger partial charge in [-0.05, 0) is 54.3 Å². The fourth-order valence-electron chi connectivity index (χ4n) is 3.56. The average Bonchev–Trinajstić information content (AvgIpc) is 2.82. The fourth-order valence-corrected chi connectivity index (χ4v) is 3.97. The highest BCUT2D eigenvalue weighted by atomic mass is 35.5. The lowest BCUT2D eigenvalue weighted by atomic mass is 9.87. The van der Waals surface area contributed by atoms with E-state index >= 15 is 0 Å². The maximum Gasteiger partial charge on any atom is 0.0670 e. The number of rotatable bonds is 3. The number of halogens is 2. The number of hydrogen-bond acceptors (Lipinski definition) is 1. The molecule has 0 spiro atoms. The van der Waals surface area contributed by atoms with Gasteiger partial charge in [0.15, 0.2) is 0 Å². The van der Waals surface area contributed by atoms with Crippen LogP contribution in [-0.4, -0.2) is 14.1 Å². The molecule has 2 aromatic carbocycles. The summed E-state index contributed by atoms with van der Waals surface area (Å²) < 4.78 is 0. The van der Waals surface area contributed by atoms with Gasteiger partial charge >= 0.3 is 0 Å². The van der Waals surface area contributed by atoms with Crippen molar-refractivity contribution in [3.05, 3.63) is 69.2 Å². The van der Waals surface area contributed by atoms with E-state index in [1.54, 1.807) is 0 Å². The lowest BCUT2D eigenvalue weighted by molar-refractivity contribution is 0.975. The Hall–Kier alpha value is -1.70. The van der Waals surface area contributed by atoms with E-state index < -0.39 is 0 Å². The van der Waals surface area contributed by atoms with Crippen LogP contribution in [0.5, 0.6) is 0 Å². The molecule has 25 heavy (non-hydrogen) atoms. The molecule has 0 saturated heterocycles. The van der Waals surface area contributed by atoms with Crippen LogP contribution in [0.25, 0.3) is 16.7 Å². The Morgan fingerprint density at radius 1 is 0.920 bits per heavy atom. The number of hydrogen-bond donors (Lipinski definition) is 0. The number of anilines is 1. The third kappa shape index (κ3) is 3.23. The molecule has 3 rings (SSSR count). The monoisotopic (exact) mass is 371 g/mol. The molecule has 0 saturated carbocycles. The van der Waals surface area contributed by atoms with Crippen LogP contribution < -0.4 is 4.90 Å². The first-order chi connectivity index (χ1) is 11.8. The van der Waals surface area contributed by atoms with Gasteiger partial charge in [0, 0.05) is 31.3 Å². The van der Waals surface area contributed by atoms with Gasteiger partial charge in [-0.25, -0.2) is 0 Å². The summed E-state index contributed by atoms with van der Waals surface area (Å²) in [5.74, 6) is 0.391. The molecule has 1 unspecified atom stereocenters. The second-order valence-corrected chi connectivity index (χ2v) is 7.69. The van der Waals surface area contributed by atoms with Gasteiger partial charge in [-0.2, -0.15) is 0 Å². The molecule has 0 fully saturated rings. The Kier molecular flexibility index (Phi) is 4.99. The van der Waals surface area contributed by atoms with Crippen LogP contribution in [0.1, 0.15) is 26.3 Å². The molecule has 0 aromatic heterocycles. The van der Waals surface area contributed by atoms with E-state index in [0.717, 1.165) is 16.8 Å². The van der Waals surface area contributed by atoms with E-state index in [-0.39, 0.29) is 0 Å². The van der Waals surface area contributed by atoms with Crippen molar-refractivity contribution in [1.29, 1.82) is 0 Å². The predicted octanol–water partition coefficient (Wildman–Crippen LogP) is 7.10. The highest BCUT2D eigenvalue weighted by Crippen LogP contribution is 2.44. The Labute approximate surface area is 160 Å². The molecule has 1 nitrogen and oxygen atoms in total. The summed E-state index contributed by atoms with van der Waals surface area (Å²) >= 11 is 12.9. The molecule has 0 radical (unpaired) electrons. The minimum atomic E-state index is 0.391. The molecule has 1 aliphatic rings. The molecule has 3 heteroatoms. The zero-order valence-electron chi connectivity index (χ0n) is 15.3. The van der Waals surface area contributed by atoms with E-state index in [4.69, 9.17) is 23.2 Å². The molecule has 1 atom stereocenters. The van der Waals surface area contributed by atoms with Gasteiger partial charge in [-0.1, -0.05) is 60.0 Å². The van der Waals surface area contributed by atoms with Crippen molar-refractivity contribution in [3.63, 3.8) is 0 Å². The van der Waals surface area contributed by atoms with Gasteiger partial charge < -0.3 is 4.90 Å². The second kappa shape index (κ2) is 6.90. The van der Waals surface area contributed by atoms with Gasteiger partial charge in [-0.15, -0.1) is 0 Å². The summed E-state index contributed by atoms with van der Waals surface area (Å²) in [5, 5.41) is 1.19. The second-order valence-electron chi connectivity index (χ2n) is 6.90. The maximum absolute atomic E-state index is 6.57. The van der Waals surface area contributed by atoms with Crippen molar-refractivity contribution in [2.45, 2.75) is 20.8 Å². The normalized spacial score (nSPS) is 17.1. The van der Waals surface area contributed by atoms with Gasteiger partial charge in [0.25, 0.3) is 0 Å². The van der Waals surface area contributed by atoms with E-state index in [9.17, 15) is 0 Å². The van der Waals surface area contributed by atoms with Gasteiger partial charge in [0.05, 0.1) is 10.0 Å². The number of benzene rings is 2. The molecule has 130 valence electrons. The van der Waals surface area contributed by atoms with Gasteiger partial charge in [0.2, 0.25) is 0 Å². The zero-order chi connectivity index (χ0) is 18.3. The molecule has 0 heterocycles. The quantitative estimate of drug-likeness (QED) is 0.556. The van der Waals surface area contributed by atoms with E-state index in [1.807, 2.05) is 32.3 Å². The fraction of sp³-hybridized carbons (Fsp3) is 0.273. The zero-order valence-corrected chi connectivity index (χ0v) is 16.8. The smallest absolute Gasteiger partial charge is 0.0670 e. The number of allylic oxidation sites excluding steroid dienone is 4. The molecule has 0 aliphatic heterocycles. The SMILES string of the molecule is CC1=CC(C)C(c2ccc(N(C)C)cc2-c2cccc(Cl)c2Cl)=C1C. The van der Waals surface area contributed by atoms with Crippen molar-refractivity contribution < 1.29 is 0 Å². The third-order valence-corrected chi connectivity index (χ3v) is 5.82. The summed E-state index contributed by atoms with van der Waals surface area (Å²) in [6.07, 6.45) is 2.33. The number of nitrogens with zero attached hydrogens (tertiary/aromatic N) is 1. The summed E-state index contributed by atoms with van der Waals surface area (Å²) in [6.45, 7) is 6.63. The first kappa shape index (κ1) is 18.1. The van der Waals surface area contributed by atoms with Gasteiger partial charge in [-0.3, -0.25) is 0 Å². The van der Waals surface area contributed by atoms with Crippen molar-refractivity contribution >= 4 is 34.5 Å². The average molecular weight is 372 g/mol. The topological polar surface area (TPSA) is 3.24 Å². The van der Waals surface area contributed by atoms with Crippen LogP contribution in [0.15, 0.2) is 53.6 Å². The lowest BCUT2D eigenvalue weighted by Crippen LogP contribution is -2.09. The minimum Gasteiger partial charge on any atom is -0.378 e. The predicted molar refractivity (Wildman–Crippen MR) is 112 cm³/mol. The van der Waals surface area contributed by atoms with Crippen LogP contribution >= 0.6 is 23.2 Å². The van der Waals surface area contributed by atoms with Crippen molar-refractivity contribution in [2.24, 2.45) is 5.92 Å². The first-order valence-corrected chi connectivity index (χ1v) is 9.22. The van der Waals surface area contributed by atoms with E-state index in [2.05, 4.69) is 49.9 Å². The van der Waals surface area contributed by atoms with Crippen molar-refractivity contribution in [2.75, 3.05) is 19.0 Å². The highest BCUT2D eigenvalue weighted by molar-refractivity contribution is 6.43. The Morgan fingerprint density at radius 2 is 1.64 bits per heavy atom. The van der Waals surface area contributed by atoms with Crippen LogP contribution in [-0.2, 0) is 0 Å². The molecular weight excluding hydrogens is 349 g/mol. The first-order valence-electron chi connectivity index (χ1n) is 8.47. The molecular formula is C22H23Cl2N. The highest BCUT2D eigenvalue weighted by Gasteiger charge is 2.23. The summed E-state index contributed by atoms with van der Waals surface area (Å²) in [7, 11) is 4.10. The molecule has 0 N–H and O–H groups in total. The van der Waals surface area contributed by atoms with Crippen LogP contribution in [0.2, 0.25) is 10.0 Å². The van der Waals surface area contributed by atoms with Crippen LogP contribution in [0.4, 0.5) is 5.69 Å². The Balaban J connectivity index is 2.29. The summed E-state index contributed by atoms with van der Waals surface area (Å²) in [4.78, 5) is 2.11. The minimum absolute atomic E-state index is 0.391. The molecule has 2 aromatic rings. The lowest BCUT2D eigenvalue weighted by Gasteiger charge is -2.21.